The maximum atomic E-state index is 12.0. The molecular weight excluding hydrogens is 256 g/mol. The molecule has 15 heavy (non-hydrogen) atoms. The van der Waals surface area contributed by atoms with Crippen LogP contribution in [0.15, 0.2) is 41.4 Å². The zero-order valence-corrected chi connectivity index (χ0v) is 9.73. The van der Waals surface area contributed by atoms with Crippen molar-refractivity contribution in [2.45, 2.75) is 6.92 Å². The minimum absolute atomic E-state index is 0.0805. The summed E-state index contributed by atoms with van der Waals surface area (Å²) >= 11 is 3.36. The van der Waals surface area contributed by atoms with Crippen LogP contribution in [-0.2, 0) is 0 Å². The Morgan fingerprint density at radius 1 is 1.47 bits per heavy atom. The summed E-state index contributed by atoms with van der Waals surface area (Å²) in [5.74, 6) is -0.0805. The molecule has 1 heterocycles. The SMILES string of the molecule is Cc1ccc(Br)c(C(=O)n2ccnc2)c1. The summed E-state index contributed by atoms with van der Waals surface area (Å²) in [7, 11) is 0. The highest BCUT2D eigenvalue weighted by Gasteiger charge is 2.11. The maximum Gasteiger partial charge on any atom is 0.264 e. The Balaban J connectivity index is 2.46. The van der Waals surface area contributed by atoms with E-state index in [1.165, 1.54) is 10.9 Å². The van der Waals surface area contributed by atoms with Crippen molar-refractivity contribution in [2.75, 3.05) is 0 Å². The van der Waals surface area contributed by atoms with E-state index < -0.39 is 0 Å². The number of nitrogens with zero attached hydrogens (tertiary/aromatic N) is 2. The van der Waals surface area contributed by atoms with Crippen LogP contribution >= 0.6 is 15.9 Å². The van der Waals surface area contributed by atoms with Gasteiger partial charge in [0, 0.05) is 16.9 Å². The van der Waals surface area contributed by atoms with Crippen molar-refractivity contribution in [3.8, 4) is 0 Å². The average molecular weight is 265 g/mol. The van der Waals surface area contributed by atoms with Gasteiger partial charge in [0.25, 0.3) is 5.91 Å². The van der Waals surface area contributed by atoms with Crippen LogP contribution in [0.5, 0.6) is 0 Å². The van der Waals surface area contributed by atoms with Gasteiger partial charge in [0.05, 0.1) is 5.56 Å². The van der Waals surface area contributed by atoms with Crippen molar-refractivity contribution >= 4 is 21.8 Å². The molecule has 4 heteroatoms. The van der Waals surface area contributed by atoms with Crippen molar-refractivity contribution in [3.63, 3.8) is 0 Å². The summed E-state index contributed by atoms with van der Waals surface area (Å²) < 4.78 is 2.26. The number of carbonyl (C=O) groups is 1. The number of aryl methyl sites for hydroxylation is 1. The predicted octanol–water partition coefficient (Wildman–Crippen LogP) is 2.64. The largest absolute Gasteiger partial charge is 0.272 e. The standard InChI is InChI=1S/C11H9BrN2O/c1-8-2-3-10(12)9(6-8)11(15)14-5-4-13-7-14/h2-7H,1H3. The fraction of sp³-hybridized carbons (Fsp3) is 0.0909. The summed E-state index contributed by atoms with van der Waals surface area (Å²) in [6, 6.07) is 5.68. The number of hydrogen-bond donors (Lipinski definition) is 0. The molecule has 0 radical (unpaired) electrons. The van der Waals surface area contributed by atoms with Crippen LogP contribution in [0.3, 0.4) is 0 Å². The predicted molar refractivity (Wildman–Crippen MR) is 60.8 cm³/mol. The first kappa shape index (κ1) is 10.1. The Morgan fingerprint density at radius 3 is 2.93 bits per heavy atom. The van der Waals surface area contributed by atoms with Gasteiger partial charge in [-0.25, -0.2) is 4.98 Å². The van der Waals surface area contributed by atoms with Gasteiger partial charge in [-0.2, -0.15) is 0 Å². The topological polar surface area (TPSA) is 34.9 Å². The molecule has 3 nitrogen and oxygen atoms in total. The molecule has 0 fully saturated rings. The second kappa shape index (κ2) is 3.98. The van der Waals surface area contributed by atoms with Crippen molar-refractivity contribution in [3.05, 3.63) is 52.5 Å². The molecule has 2 rings (SSSR count). The van der Waals surface area contributed by atoms with Gasteiger partial charge < -0.3 is 0 Å². The van der Waals surface area contributed by atoms with Gasteiger partial charge >= 0.3 is 0 Å². The average Bonchev–Trinajstić information content (AvgIpc) is 2.74. The van der Waals surface area contributed by atoms with Gasteiger partial charge in [-0.3, -0.25) is 9.36 Å². The van der Waals surface area contributed by atoms with Crippen LogP contribution in [-0.4, -0.2) is 15.5 Å². The molecule has 1 aromatic carbocycles. The Hall–Kier alpha value is -1.42. The fourth-order valence-electron chi connectivity index (χ4n) is 1.32. The molecule has 0 aliphatic rings. The number of aromatic nitrogens is 2. The maximum absolute atomic E-state index is 12.0. The van der Waals surface area contributed by atoms with E-state index >= 15 is 0 Å². The van der Waals surface area contributed by atoms with Gasteiger partial charge in [-0.05, 0) is 35.0 Å². The summed E-state index contributed by atoms with van der Waals surface area (Å²) in [5.41, 5.74) is 1.70. The first-order valence-corrected chi connectivity index (χ1v) is 5.26. The van der Waals surface area contributed by atoms with E-state index in [9.17, 15) is 4.79 Å². The molecule has 0 saturated heterocycles. The van der Waals surface area contributed by atoms with E-state index in [0.717, 1.165) is 10.0 Å². The third-order valence-corrected chi connectivity index (χ3v) is 2.78. The molecule has 0 aliphatic carbocycles. The Morgan fingerprint density at radius 2 is 2.27 bits per heavy atom. The highest BCUT2D eigenvalue weighted by atomic mass is 79.9. The van der Waals surface area contributed by atoms with E-state index in [0.29, 0.717) is 5.56 Å². The van der Waals surface area contributed by atoms with Gasteiger partial charge in [0.15, 0.2) is 0 Å². The number of benzene rings is 1. The molecule has 0 aliphatic heterocycles. The lowest BCUT2D eigenvalue weighted by atomic mass is 10.1. The number of carbonyl (C=O) groups excluding carboxylic acids is 1. The molecule has 0 spiro atoms. The van der Waals surface area contributed by atoms with E-state index in [-0.39, 0.29) is 5.91 Å². The minimum atomic E-state index is -0.0805. The van der Waals surface area contributed by atoms with Crippen molar-refractivity contribution in [2.24, 2.45) is 0 Å². The Bertz CT molecular complexity index is 491. The van der Waals surface area contributed by atoms with Gasteiger partial charge in [0.2, 0.25) is 0 Å². The molecule has 2 aromatic rings. The van der Waals surface area contributed by atoms with Gasteiger partial charge in [-0.1, -0.05) is 11.6 Å². The molecule has 0 amide bonds. The summed E-state index contributed by atoms with van der Waals surface area (Å²) in [6.07, 6.45) is 4.72. The highest BCUT2D eigenvalue weighted by molar-refractivity contribution is 9.10. The first-order valence-electron chi connectivity index (χ1n) is 4.47. The Labute approximate surface area is 95.9 Å². The van der Waals surface area contributed by atoms with Crippen LogP contribution < -0.4 is 0 Å². The molecule has 0 N–H and O–H groups in total. The monoisotopic (exact) mass is 264 g/mol. The lowest BCUT2D eigenvalue weighted by molar-refractivity contribution is 0.0959. The lowest BCUT2D eigenvalue weighted by Gasteiger charge is -2.04. The van der Waals surface area contributed by atoms with Crippen molar-refractivity contribution in [1.82, 2.24) is 9.55 Å². The second-order valence-corrected chi connectivity index (χ2v) is 4.11. The van der Waals surface area contributed by atoms with E-state index in [4.69, 9.17) is 0 Å². The van der Waals surface area contributed by atoms with Crippen LogP contribution in [0.2, 0.25) is 0 Å². The van der Waals surface area contributed by atoms with Crippen molar-refractivity contribution in [1.29, 1.82) is 0 Å². The number of halogens is 1. The quantitative estimate of drug-likeness (QED) is 0.794. The first-order chi connectivity index (χ1) is 7.18. The second-order valence-electron chi connectivity index (χ2n) is 3.26. The summed E-state index contributed by atoms with van der Waals surface area (Å²) in [5, 5.41) is 0. The van der Waals surface area contributed by atoms with E-state index in [1.54, 1.807) is 12.4 Å². The molecule has 1 aromatic heterocycles. The van der Waals surface area contributed by atoms with Gasteiger partial charge in [-0.15, -0.1) is 0 Å². The number of imidazole rings is 1. The van der Waals surface area contributed by atoms with Crippen molar-refractivity contribution < 1.29 is 4.79 Å². The molecular formula is C11H9BrN2O. The molecule has 0 bridgehead atoms. The third-order valence-electron chi connectivity index (χ3n) is 2.09. The number of hydrogen-bond acceptors (Lipinski definition) is 2. The van der Waals surface area contributed by atoms with Crippen LogP contribution in [0.1, 0.15) is 15.9 Å². The highest BCUT2D eigenvalue weighted by Crippen LogP contribution is 2.19. The molecule has 0 atom stereocenters. The zero-order chi connectivity index (χ0) is 10.8. The minimum Gasteiger partial charge on any atom is -0.272 e. The van der Waals surface area contributed by atoms with Crippen LogP contribution in [0.25, 0.3) is 0 Å². The number of rotatable bonds is 1. The molecule has 0 saturated carbocycles. The van der Waals surface area contributed by atoms with Crippen LogP contribution in [0.4, 0.5) is 0 Å². The molecule has 0 unspecified atom stereocenters. The lowest BCUT2D eigenvalue weighted by Crippen LogP contribution is -2.10. The normalized spacial score (nSPS) is 10.3. The van der Waals surface area contributed by atoms with E-state index in [1.807, 2.05) is 25.1 Å². The summed E-state index contributed by atoms with van der Waals surface area (Å²) in [4.78, 5) is 15.8. The fourth-order valence-corrected chi connectivity index (χ4v) is 1.74. The summed E-state index contributed by atoms with van der Waals surface area (Å²) in [6.45, 7) is 1.96. The smallest absolute Gasteiger partial charge is 0.264 e. The van der Waals surface area contributed by atoms with Gasteiger partial charge in [0.1, 0.15) is 6.33 Å². The zero-order valence-electron chi connectivity index (χ0n) is 8.14. The van der Waals surface area contributed by atoms with Crippen LogP contribution in [0, 0.1) is 6.92 Å². The third kappa shape index (κ3) is 1.99. The van der Waals surface area contributed by atoms with E-state index in [2.05, 4.69) is 20.9 Å². The molecule has 76 valence electrons. The Kier molecular flexibility index (Phi) is 2.68.